The minimum absolute atomic E-state index is 0.109. The van der Waals surface area contributed by atoms with Crippen LogP contribution in [0.5, 0.6) is 0 Å². The van der Waals surface area contributed by atoms with Crippen molar-refractivity contribution in [3.8, 4) is 0 Å². The Balaban J connectivity index is 1.79. The van der Waals surface area contributed by atoms with Crippen molar-refractivity contribution in [3.05, 3.63) is 112 Å². The maximum absolute atomic E-state index is 13.7. The van der Waals surface area contributed by atoms with E-state index in [4.69, 9.17) is 0 Å². The van der Waals surface area contributed by atoms with E-state index in [2.05, 4.69) is 0 Å². The number of carbonyl (C=O) groups is 1. The maximum atomic E-state index is 13.7. The van der Waals surface area contributed by atoms with E-state index >= 15 is 0 Å². The molecule has 0 saturated carbocycles. The molecule has 0 unspecified atom stereocenters. The van der Waals surface area contributed by atoms with Crippen LogP contribution >= 0.6 is 0 Å². The highest BCUT2D eigenvalue weighted by molar-refractivity contribution is 7.89. The first kappa shape index (κ1) is 22.8. The normalized spacial score (nSPS) is 17.6. The minimum Gasteiger partial charge on any atom is -0.289 e. The highest BCUT2D eigenvalue weighted by Crippen LogP contribution is 2.27. The molecule has 1 fully saturated rings. The fourth-order valence-corrected chi connectivity index (χ4v) is 5.03. The van der Waals surface area contributed by atoms with Crippen LogP contribution in [0.2, 0.25) is 0 Å². The molecule has 0 radical (unpaired) electrons. The summed E-state index contributed by atoms with van der Waals surface area (Å²) in [4.78, 5) is 13.3. The molecule has 168 valence electrons. The predicted octanol–water partition coefficient (Wildman–Crippen LogP) is 5.01. The molecule has 3 aromatic rings. The first-order valence-electron chi connectivity index (χ1n) is 10.3. The lowest BCUT2D eigenvalue weighted by atomic mass is 9.95. The summed E-state index contributed by atoms with van der Waals surface area (Å²) in [5, 5.41) is 0. The molecule has 3 aromatic carbocycles. The average molecular weight is 466 g/mol. The fraction of sp³-hybridized carbons (Fsp3) is 0.115. The third kappa shape index (κ3) is 5.16. The molecular formula is C26H21F2NO3S. The molecule has 0 spiro atoms. The van der Waals surface area contributed by atoms with Gasteiger partial charge in [-0.2, -0.15) is 4.31 Å². The highest BCUT2D eigenvalue weighted by Gasteiger charge is 2.34. The van der Waals surface area contributed by atoms with E-state index in [1.165, 1.54) is 65.0 Å². The molecule has 1 saturated heterocycles. The van der Waals surface area contributed by atoms with Crippen molar-refractivity contribution in [2.24, 2.45) is 0 Å². The van der Waals surface area contributed by atoms with Gasteiger partial charge in [0, 0.05) is 24.2 Å². The largest absolute Gasteiger partial charge is 0.289 e. The number of aryl methyl sites for hydroxylation is 1. The van der Waals surface area contributed by atoms with Gasteiger partial charge in [0.2, 0.25) is 10.0 Å². The Labute approximate surface area is 191 Å². The van der Waals surface area contributed by atoms with Gasteiger partial charge in [-0.1, -0.05) is 42.0 Å². The summed E-state index contributed by atoms with van der Waals surface area (Å²) in [5.41, 5.74) is 2.20. The molecule has 0 N–H and O–H groups in total. The second-order valence-electron chi connectivity index (χ2n) is 7.86. The van der Waals surface area contributed by atoms with Gasteiger partial charge in [0.1, 0.15) is 11.6 Å². The van der Waals surface area contributed by atoms with Crippen molar-refractivity contribution < 1.29 is 22.0 Å². The zero-order chi connectivity index (χ0) is 23.6. The second-order valence-corrected chi connectivity index (χ2v) is 9.80. The van der Waals surface area contributed by atoms with Crippen LogP contribution in [-0.4, -0.2) is 31.6 Å². The minimum atomic E-state index is -3.92. The van der Waals surface area contributed by atoms with Crippen molar-refractivity contribution in [1.82, 2.24) is 4.31 Å². The van der Waals surface area contributed by atoms with E-state index in [9.17, 15) is 22.0 Å². The van der Waals surface area contributed by atoms with Crippen LogP contribution < -0.4 is 0 Å². The number of nitrogens with zero attached hydrogens (tertiary/aromatic N) is 1. The van der Waals surface area contributed by atoms with Crippen LogP contribution in [-0.2, 0) is 14.8 Å². The van der Waals surface area contributed by atoms with Gasteiger partial charge >= 0.3 is 0 Å². The summed E-state index contributed by atoms with van der Waals surface area (Å²) in [6.45, 7) is 1.54. The Hall–Kier alpha value is -3.42. The molecule has 0 aliphatic carbocycles. The molecule has 1 heterocycles. The van der Waals surface area contributed by atoms with Crippen LogP contribution in [0.1, 0.15) is 16.7 Å². The third-order valence-electron chi connectivity index (χ3n) is 5.31. The molecule has 4 rings (SSSR count). The Morgan fingerprint density at radius 2 is 1.27 bits per heavy atom. The number of carbonyl (C=O) groups excluding carboxylic acids is 1. The number of hydrogen-bond acceptors (Lipinski definition) is 3. The third-order valence-corrected chi connectivity index (χ3v) is 7.12. The number of sulfonamides is 1. The smallest absolute Gasteiger partial charge is 0.243 e. The van der Waals surface area contributed by atoms with Gasteiger partial charge in [-0.25, -0.2) is 17.2 Å². The molecule has 33 heavy (non-hydrogen) atoms. The maximum Gasteiger partial charge on any atom is 0.243 e. The first-order chi connectivity index (χ1) is 15.7. The van der Waals surface area contributed by atoms with Crippen molar-refractivity contribution in [2.45, 2.75) is 11.8 Å². The van der Waals surface area contributed by atoms with Crippen LogP contribution in [0.4, 0.5) is 8.78 Å². The Bertz CT molecular complexity index is 1310. The lowest BCUT2D eigenvalue weighted by molar-refractivity contribution is -0.113. The highest BCUT2D eigenvalue weighted by atomic mass is 32.2. The van der Waals surface area contributed by atoms with E-state index in [0.29, 0.717) is 11.1 Å². The van der Waals surface area contributed by atoms with E-state index < -0.39 is 21.7 Å². The van der Waals surface area contributed by atoms with Gasteiger partial charge in [-0.05, 0) is 66.6 Å². The van der Waals surface area contributed by atoms with Crippen molar-refractivity contribution >= 4 is 28.0 Å². The van der Waals surface area contributed by atoms with E-state index in [0.717, 1.165) is 5.56 Å². The van der Waals surface area contributed by atoms with Gasteiger partial charge < -0.3 is 0 Å². The Morgan fingerprint density at radius 1 is 0.788 bits per heavy atom. The van der Waals surface area contributed by atoms with E-state index in [1.807, 2.05) is 6.92 Å². The average Bonchev–Trinajstić information content (AvgIpc) is 2.77. The van der Waals surface area contributed by atoms with Crippen LogP contribution in [0, 0.1) is 18.6 Å². The number of hydrogen-bond donors (Lipinski definition) is 0. The fourth-order valence-electron chi connectivity index (χ4n) is 3.63. The molecule has 7 heteroatoms. The number of ketones is 1. The summed E-state index contributed by atoms with van der Waals surface area (Å²) < 4.78 is 55.2. The first-order valence-corrected chi connectivity index (χ1v) is 11.7. The lowest BCUT2D eigenvalue weighted by Gasteiger charge is -2.29. The number of piperidine rings is 1. The molecule has 0 atom stereocenters. The second kappa shape index (κ2) is 9.21. The lowest BCUT2D eigenvalue weighted by Crippen LogP contribution is -2.41. The predicted molar refractivity (Wildman–Crippen MR) is 124 cm³/mol. The van der Waals surface area contributed by atoms with Gasteiger partial charge in [0.15, 0.2) is 5.78 Å². The topological polar surface area (TPSA) is 54.5 Å². The van der Waals surface area contributed by atoms with Crippen molar-refractivity contribution in [1.29, 1.82) is 0 Å². The molecule has 4 nitrogen and oxygen atoms in total. The Morgan fingerprint density at radius 3 is 1.73 bits per heavy atom. The molecule has 0 bridgehead atoms. The Kier molecular flexibility index (Phi) is 6.35. The van der Waals surface area contributed by atoms with Gasteiger partial charge in [-0.3, -0.25) is 4.79 Å². The summed E-state index contributed by atoms with van der Waals surface area (Å²) in [6, 6.07) is 17.8. The SMILES string of the molecule is Cc1ccc(S(=O)(=O)N2C/C(=C/c3cccc(F)c3)C(=O)/C(=C/c3cccc(F)c3)C2)cc1. The van der Waals surface area contributed by atoms with Gasteiger partial charge in [0.25, 0.3) is 0 Å². The zero-order valence-electron chi connectivity index (χ0n) is 17.8. The summed E-state index contributed by atoms with van der Waals surface area (Å²) in [5.74, 6) is -1.29. The van der Waals surface area contributed by atoms with Crippen molar-refractivity contribution in [3.63, 3.8) is 0 Å². The monoisotopic (exact) mass is 465 g/mol. The summed E-state index contributed by atoms with van der Waals surface area (Å²) in [7, 11) is -3.92. The summed E-state index contributed by atoms with van der Waals surface area (Å²) in [6.07, 6.45) is 2.98. The standard InChI is InChI=1S/C26H21F2NO3S/c1-18-8-10-25(11-9-18)33(31,32)29-16-21(12-19-4-2-6-23(27)14-19)26(30)22(17-29)13-20-5-3-7-24(28)15-20/h2-15H,16-17H2,1H3/b21-12-,22-13+. The number of rotatable bonds is 4. The van der Waals surface area contributed by atoms with E-state index in [-0.39, 0.29) is 34.9 Å². The van der Waals surface area contributed by atoms with Crippen LogP contribution in [0.3, 0.4) is 0 Å². The number of benzene rings is 3. The molecule has 0 amide bonds. The number of Topliss-reactive ketones (excluding diaryl/α,β-unsaturated/α-hetero) is 1. The number of halogens is 2. The quantitative estimate of drug-likeness (QED) is 0.509. The van der Waals surface area contributed by atoms with Crippen molar-refractivity contribution in [2.75, 3.05) is 13.1 Å². The van der Waals surface area contributed by atoms with Crippen LogP contribution in [0.25, 0.3) is 12.2 Å². The van der Waals surface area contributed by atoms with E-state index in [1.54, 1.807) is 24.3 Å². The van der Waals surface area contributed by atoms with Gasteiger partial charge in [-0.15, -0.1) is 0 Å². The summed E-state index contributed by atoms with van der Waals surface area (Å²) >= 11 is 0. The van der Waals surface area contributed by atoms with Gasteiger partial charge in [0.05, 0.1) is 4.90 Å². The molecule has 1 aliphatic heterocycles. The molecule has 1 aliphatic rings. The molecule has 0 aromatic heterocycles. The van der Waals surface area contributed by atoms with Crippen LogP contribution in [0.15, 0.2) is 88.8 Å². The zero-order valence-corrected chi connectivity index (χ0v) is 18.6. The molecular weight excluding hydrogens is 444 g/mol.